The van der Waals surface area contributed by atoms with Crippen LogP contribution in [0, 0.1) is 0 Å². The second-order valence-corrected chi connectivity index (χ2v) is 9.69. The maximum Gasteiger partial charge on any atom is 0.307 e. The highest BCUT2D eigenvalue weighted by Gasteiger charge is 2.45. The number of benzene rings is 1. The number of rotatable bonds is 8. The summed E-state index contributed by atoms with van der Waals surface area (Å²) in [7, 11) is 0. The van der Waals surface area contributed by atoms with Gasteiger partial charge in [-0.25, -0.2) is 0 Å². The molecule has 3 unspecified atom stereocenters. The van der Waals surface area contributed by atoms with Crippen LogP contribution in [0.3, 0.4) is 0 Å². The SMILES string of the molecule is CC.CC.CC(CC(=O)O)Oc1ccccc1C1CCC(OCC2NCCC23CCCC(=O)N3)CC1. The summed E-state index contributed by atoms with van der Waals surface area (Å²) < 4.78 is 12.3. The van der Waals surface area contributed by atoms with Crippen LogP contribution in [0.4, 0.5) is 0 Å². The fourth-order valence-corrected chi connectivity index (χ4v) is 5.68. The lowest BCUT2D eigenvalue weighted by molar-refractivity contribution is -0.138. The minimum atomic E-state index is -0.848. The van der Waals surface area contributed by atoms with Crippen molar-refractivity contribution in [1.29, 1.82) is 0 Å². The Morgan fingerprint density at radius 2 is 1.81 bits per heavy atom. The highest BCUT2D eigenvalue weighted by Crippen LogP contribution is 2.39. The number of para-hydroxylation sites is 1. The largest absolute Gasteiger partial charge is 0.490 e. The maximum atomic E-state index is 12.0. The first-order chi connectivity index (χ1) is 17.4. The minimum Gasteiger partial charge on any atom is -0.490 e. The number of carboxylic acids is 1. The average Bonchev–Trinajstić information content (AvgIpc) is 3.26. The van der Waals surface area contributed by atoms with Gasteiger partial charge in [-0.1, -0.05) is 45.9 Å². The third kappa shape index (κ3) is 8.20. The molecular weight excluding hydrogens is 456 g/mol. The van der Waals surface area contributed by atoms with E-state index in [0.717, 1.165) is 57.2 Å². The van der Waals surface area contributed by atoms with Crippen molar-refractivity contribution in [3.63, 3.8) is 0 Å². The molecule has 4 rings (SSSR count). The van der Waals surface area contributed by atoms with Crippen LogP contribution in [0.25, 0.3) is 0 Å². The van der Waals surface area contributed by atoms with Crippen molar-refractivity contribution < 1.29 is 24.2 Å². The summed E-state index contributed by atoms with van der Waals surface area (Å²) >= 11 is 0. The zero-order valence-electron chi connectivity index (χ0n) is 23.0. The van der Waals surface area contributed by atoms with E-state index in [1.54, 1.807) is 6.92 Å². The fourth-order valence-electron chi connectivity index (χ4n) is 5.68. The number of aliphatic carboxylic acids is 1. The van der Waals surface area contributed by atoms with E-state index >= 15 is 0 Å². The molecule has 2 aliphatic heterocycles. The average molecular weight is 505 g/mol. The molecule has 3 N–H and O–H groups in total. The molecular formula is C29H48N2O5. The third-order valence-corrected chi connectivity index (χ3v) is 7.37. The van der Waals surface area contributed by atoms with Crippen molar-refractivity contribution in [2.45, 2.75) is 122 Å². The molecule has 0 aromatic heterocycles. The molecule has 3 aliphatic rings. The Morgan fingerprint density at radius 3 is 2.47 bits per heavy atom. The van der Waals surface area contributed by atoms with Crippen molar-refractivity contribution in [3.8, 4) is 5.75 Å². The van der Waals surface area contributed by atoms with E-state index in [0.29, 0.717) is 18.9 Å². The topological polar surface area (TPSA) is 96.9 Å². The summed E-state index contributed by atoms with van der Waals surface area (Å²) in [6.45, 7) is 11.4. The summed E-state index contributed by atoms with van der Waals surface area (Å²) in [6.07, 6.45) is 7.53. The molecule has 1 amide bonds. The van der Waals surface area contributed by atoms with Gasteiger partial charge in [0.2, 0.25) is 5.91 Å². The molecule has 1 aliphatic carbocycles. The molecule has 1 saturated carbocycles. The van der Waals surface area contributed by atoms with Crippen molar-refractivity contribution in [1.82, 2.24) is 10.6 Å². The number of nitrogens with one attached hydrogen (secondary N) is 2. The van der Waals surface area contributed by atoms with Gasteiger partial charge in [0.15, 0.2) is 0 Å². The van der Waals surface area contributed by atoms with Crippen LogP contribution >= 0.6 is 0 Å². The number of ether oxygens (including phenoxy) is 2. The second kappa shape index (κ2) is 15.2. The summed E-state index contributed by atoms with van der Waals surface area (Å²) in [4.78, 5) is 23.0. The highest BCUT2D eigenvalue weighted by atomic mass is 16.5. The predicted molar refractivity (Wildman–Crippen MR) is 144 cm³/mol. The molecule has 2 heterocycles. The lowest BCUT2D eigenvalue weighted by Crippen LogP contribution is -2.60. The first-order valence-corrected chi connectivity index (χ1v) is 14.1. The van der Waals surface area contributed by atoms with E-state index in [9.17, 15) is 9.59 Å². The lowest BCUT2D eigenvalue weighted by atomic mass is 9.81. The number of carbonyl (C=O) groups is 2. The Kier molecular flexibility index (Phi) is 12.7. The summed E-state index contributed by atoms with van der Waals surface area (Å²) in [5, 5.41) is 15.8. The van der Waals surface area contributed by atoms with Crippen LogP contribution in [-0.2, 0) is 14.3 Å². The zero-order chi connectivity index (χ0) is 26.6. The number of carbonyl (C=O) groups excluding carboxylic acids is 1. The van der Waals surface area contributed by atoms with Crippen LogP contribution in [0.5, 0.6) is 5.75 Å². The molecule has 204 valence electrons. The number of amides is 1. The van der Waals surface area contributed by atoms with Crippen LogP contribution < -0.4 is 15.4 Å². The number of hydrogen-bond donors (Lipinski definition) is 3. The molecule has 36 heavy (non-hydrogen) atoms. The Bertz CT molecular complexity index is 809. The van der Waals surface area contributed by atoms with Crippen LogP contribution in [0.2, 0.25) is 0 Å². The summed E-state index contributed by atoms with van der Waals surface area (Å²) in [5.41, 5.74) is 1.04. The van der Waals surface area contributed by atoms with Crippen molar-refractivity contribution in [2.75, 3.05) is 13.2 Å². The van der Waals surface area contributed by atoms with Gasteiger partial charge in [0, 0.05) is 6.42 Å². The van der Waals surface area contributed by atoms with Gasteiger partial charge in [-0.3, -0.25) is 9.59 Å². The molecule has 2 saturated heterocycles. The molecule has 0 bridgehead atoms. The monoisotopic (exact) mass is 504 g/mol. The van der Waals surface area contributed by atoms with E-state index < -0.39 is 5.97 Å². The van der Waals surface area contributed by atoms with E-state index in [-0.39, 0.29) is 36.1 Å². The number of carboxylic acid groups (broad SMARTS) is 1. The van der Waals surface area contributed by atoms with Crippen molar-refractivity contribution in [2.24, 2.45) is 0 Å². The van der Waals surface area contributed by atoms with Gasteiger partial charge in [-0.2, -0.15) is 0 Å². The van der Waals surface area contributed by atoms with Crippen LogP contribution in [0.1, 0.15) is 104 Å². The molecule has 3 atom stereocenters. The molecule has 1 aromatic carbocycles. The Balaban J connectivity index is 0.00000109. The predicted octanol–water partition coefficient (Wildman–Crippen LogP) is 5.42. The van der Waals surface area contributed by atoms with Gasteiger partial charge >= 0.3 is 5.97 Å². The molecule has 1 spiro atoms. The zero-order valence-corrected chi connectivity index (χ0v) is 23.0. The lowest BCUT2D eigenvalue weighted by Gasteiger charge is -2.40. The normalized spacial score (nSPS) is 28.1. The minimum absolute atomic E-state index is 0.00787. The third-order valence-electron chi connectivity index (χ3n) is 7.37. The summed E-state index contributed by atoms with van der Waals surface area (Å²) in [6, 6.07) is 8.20. The van der Waals surface area contributed by atoms with Gasteiger partial charge in [-0.15, -0.1) is 0 Å². The van der Waals surface area contributed by atoms with Crippen LogP contribution in [-0.4, -0.2) is 53.9 Å². The van der Waals surface area contributed by atoms with E-state index in [4.69, 9.17) is 14.6 Å². The summed E-state index contributed by atoms with van der Waals surface area (Å²) in [5.74, 6) is 0.524. The van der Waals surface area contributed by atoms with Crippen molar-refractivity contribution in [3.05, 3.63) is 29.8 Å². The Hall–Kier alpha value is -2.12. The van der Waals surface area contributed by atoms with Gasteiger partial charge in [-0.05, 0) is 76.0 Å². The van der Waals surface area contributed by atoms with Gasteiger partial charge in [0.05, 0.1) is 30.7 Å². The van der Waals surface area contributed by atoms with E-state index in [2.05, 4.69) is 16.7 Å². The standard InChI is InChI=1S/C25H36N2O5.2C2H6/c1-17(15-24(29)30)32-21-6-3-2-5-20(21)18-8-10-19(11-9-18)31-16-22-25(13-14-26-22)12-4-7-23(28)27-25;2*1-2/h2-3,5-6,17-19,22,26H,4,7-16H2,1H3,(H,27,28)(H,29,30);2*1-2H3. The number of piperidine rings is 1. The van der Waals surface area contributed by atoms with Crippen LogP contribution in [0.15, 0.2) is 24.3 Å². The first kappa shape index (κ1) is 30.1. The van der Waals surface area contributed by atoms with Crippen molar-refractivity contribution >= 4 is 11.9 Å². The molecule has 7 heteroatoms. The van der Waals surface area contributed by atoms with E-state index in [1.807, 2.05) is 45.9 Å². The highest BCUT2D eigenvalue weighted by molar-refractivity contribution is 5.78. The molecule has 0 radical (unpaired) electrons. The van der Waals surface area contributed by atoms with E-state index in [1.165, 1.54) is 5.56 Å². The maximum absolute atomic E-state index is 12.0. The quantitative estimate of drug-likeness (QED) is 0.437. The molecule has 3 fully saturated rings. The van der Waals surface area contributed by atoms with Gasteiger partial charge in [0.25, 0.3) is 0 Å². The fraction of sp³-hybridized carbons (Fsp3) is 0.724. The second-order valence-electron chi connectivity index (χ2n) is 9.69. The molecule has 7 nitrogen and oxygen atoms in total. The number of hydrogen-bond acceptors (Lipinski definition) is 5. The van der Waals surface area contributed by atoms with Gasteiger partial charge in [0.1, 0.15) is 11.9 Å². The first-order valence-electron chi connectivity index (χ1n) is 14.1. The smallest absolute Gasteiger partial charge is 0.307 e. The Labute approximate surface area is 217 Å². The Morgan fingerprint density at radius 1 is 1.11 bits per heavy atom. The van der Waals surface area contributed by atoms with Gasteiger partial charge < -0.3 is 25.2 Å². The molecule has 1 aromatic rings.